The Bertz CT molecular complexity index is 1730. The van der Waals surface area contributed by atoms with Gasteiger partial charge in [-0.05, 0) is 61.7 Å². The van der Waals surface area contributed by atoms with Crippen LogP contribution in [-0.4, -0.2) is 43.8 Å². The average Bonchev–Trinajstić information content (AvgIpc) is 3.57. The molecule has 46 heavy (non-hydrogen) atoms. The minimum absolute atomic E-state index is 0.00846. The van der Waals surface area contributed by atoms with Crippen LogP contribution in [0.15, 0.2) is 108 Å². The Morgan fingerprint density at radius 2 is 1.41 bits per heavy atom. The van der Waals surface area contributed by atoms with Crippen LogP contribution in [0.1, 0.15) is 42.4 Å². The number of rotatable bonds is 12. The molecule has 0 radical (unpaired) electrons. The topological polar surface area (TPSA) is 86.8 Å². The number of hydrogen-bond donors (Lipinski definition) is 1. The smallest absolute Gasteiger partial charge is 0.264 e. The van der Waals surface area contributed by atoms with Gasteiger partial charge in [0.25, 0.3) is 10.0 Å². The van der Waals surface area contributed by atoms with E-state index in [9.17, 15) is 18.0 Å². The van der Waals surface area contributed by atoms with Crippen LogP contribution in [0.5, 0.6) is 0 Å². The molecule has 0 aromatic heterocycles. The standard InChI is InChI=1S/C36H37Cl2N3O4S/c1-26-19-21-29(22-20-26)41(46(44,45)30-15-6-3-7-16-30)25-35(42)40(24-31-32(37)17-10-18-33(31)38)34(23-27-11-4-2-5-12-27)36(43)39-28-13-8-9-14-28/h2-7,10-12,15-22,28,34H,8-9,13-14,23-25H2,1H3,(H,39,43)/t34-/m0/s1. The van der Waals surface area contributed by atoms with Gasteiger partial charge in [-0.15, -0.1) is 0 Å². The summed E-state index contributed by atoms with van der Waals surface area (Å²) in [6.45, 7) is 1.25. The SMILES string of the molecule is Cc1ccc(N(CC(=O)N(Cc2c(Cl)cccc2Cl)[C@@H](Cc2ccccc2)C(=O)NC2CCCC2)S(=O)(=O)c2ccccc2)cc1. The predicted molar refractivity (Wildman–Crippen MR) is 183 cm³/mol. The highest BCUT2D eigenvalue weighted by atomic mass is 35.5. The van der Waals surface area contributed by atoms with Gasteiger partial charge >= 0.3 is 0 Å². The van der Waals surface area contributed by atoms with E-state index in [-0.39, 0.29) is 29.8 Å². The molecule has 1 saturated carbocycles. The summed E-state index contributed by atoms with van der Waals surface area (Å²) < 4.78 is 29.3. The van der Waals surface area contributed by atoms with Crippen molar-refractivity contribution >= 4 is 50.7 Å². The predicted octanol–water partition coefficient (Wildman–Crippen LogP) is 7.20. The van der Waals surface area contributed by atoms with Crippen molar-refractivity contribution in [3.63, 3.8) is 0 Å². The van der Waals surface area contributed by atoms with Crippen molar-refractivity contribution in [3.05, 3.63) is 130 Å². The molecule has 240 valence electrons. The molecule has 4 aromatic rings. The van der Waals surface area contributed by atoms with E-state index < -0.39 is 28.5 Å². The molecule has 0 bridgehead atoms. The van der Waals surface area contributed by atoms with E-state index in [2.05, 4.69) is 5.32 Å². The lowest BCUT2D eigenvalue weighted by atomic mass is 10.0. The fourth-order valence-corrected chi connectivity index (χ4v) is 7.69. The third kappa shape index (κ3) is 8.10. The Morgan fingerprint density at radius 1 is 0.826 bits per heavy atom. The van der Waals surface area contributed by atoms with Crippen LogP contribution in [0, 0.1) is 6.92 Å². The molecule has 1 fully saturated rings. The monoisotopic (exact) mass is 677 g/mol. The molecule has 1 aliphatic rings. The zero-order valence-electron chi connectivity index (χ0n) is 25.6. The second-order valence-electron chi connectivity index (χ2n) is 11.6. The van der Waals surface area contributed by atoms with Crippen LogP contribution in [0.2, 0.25) is 10.0 Å². The minimum atomic E-state index is -4.18. The summed E-state index contributed by atoms with van der Waals surface area (Å²) in [6, 6.07) is 28.5. The number of nitrogens with zero attached hydrogens (tertiary/aromatic N) is 2. The summed E-state index contributed by atoms with van der Waals surface area (Å²) in [5, 5.41) is 3.85. The normalized spacial score (nSPS) is 14.1. The third-order valence-corrected chi connectivity index (χ3v) is 10.8. The Labute approximate surface area is 281 Å². The summed E-state index contributed by atoms with van der Waals surface area (Å²) in [5.74, 6) is -0.876. The Balaban J connectivity index is 1.58. The van der Waals surface area contributed by atoms with E-state index in [1.54, 1.807) is 60.7 Å². The lowest BCUT2D eigenvalue weighted by molar-refractivity contribution is -0.140. The van der Waals surface area contributed by atoms with Gasteiger partial charge in [0.05, 0.1) is 10.6 Å². The molecule has 5 rings (SSSR count). The lowest BCUT2D eigenvalue weighted by Crippen LogP contribution is -2.54. The zero-order chi connectivity index (χ0) is 32.7. The lowest BCUT2D eigenvalue weighted by Gasteiger charge is -2.34. The van der Waals surface area contributed by atoms with Gasteiger partial charge in [0.2, 0.25) is 11.8 Å². The van der Waals surface area contributed by atoms with Gasteiger partial charge in [0.15, 0.2) is 0 Å². The van der Waals surface area contributed by atoms with Gasteiger partial charge in [0.1, 0.15) is 12.6 Å². The highest BCUT2D eigenvalue weighted by Crippen LogP contribution is 2.29. The van der Waals surface area contributed by atoms with Gasteiger partial charge in [0, 0.05) is 34.6 Å². The fourth-order valence-electron chi connectivity index (χ4n) is 5.73. The van der Waals surface area contributed by atoms with Crippen molar-refractivity contribution in [1.29, 1.82) is 0 Å². The Kier molecular flexibility index (Phi) is 11.0. The van der Waals surface area contributed by atoms with E-state index in [4.69, 9.17) is 23.2 Å². The van der Waals surface area contributed by atoms with Gasteiger partial charge in [-0.3, -0.25) is 13.9 Å². The van der Waals surface area contributed by atoms with E-state index in [0.29, 0.717) is 21.3 Å². The molecule has 2 amide bonds. The first-order chi connectivity index (χ1) is 22.1. The van der Waals surface area contributed by atoms with Crippen LogP contribution < -0.4 is 9.62 Å². The van der Waals surface area contributed by atoms with Gasteiger partial charge in [-0.1, -0.05) is 108 Å². The van der Waals surface area contributed by atoms with Crippen LogP contribution in [0.25, 0.3) is 0 Å². The number of aryl methyl sites for hydroxylation is 1. The molecule has 10 heteroatoms. The molecule has 0 saturated heterocycles. The number of sulfonamides is 1. The van der Waals surface area contributed by atoms with Crippen molar-refractivity contribution < 1.29 is 18.0 Å². The second-order valence-corrected chi connectivity index (χ2v) is 14.3. The molecule has 0 unspecified atom stereocenters. The highest BCUT2D eigenvalue weighted by Gasteiger charge is 2.36. The molecule has 7 nitrogen and oxygen atoms in total. The molecule has 4 aromatic carbocycles. The number of benzene rings is 4. The molecule has 0 heterocycles. The number of anilines is 1. The van der Waals surface area contributed by atoms with Crippen molar-refractivity contribution in [2.75, 3.05) is 10.8 Å². The third-order valence-electron chi connectivity index (χ3n) is 8.29. The Hall–Kier alpha value is -3.85. The number of carbonyl (C=O) groups is 2. The first kappa shape index (κ1) is 33.5. The maximum absolute atomic E-state index is 14.6. The first-order valence-corrected chi connectivity index (χ1v) is 17.5. The molecule has 0 spiro atoms. The summed E-state index contributed by atoms with van der Waals surface area (Å²) in [7, 11) is -4.18. The number of halogens is 2. The van der Waals surface area contributed by atoms with Crippen LogP contribution >= 0.6 is 23.2 Å². The van der Waals surface area contributed by atoms with Crippen molar-refractivity contribution in [2.45, 2.75) is 62.6 Å². The maximum Gasteiger partial charge on any atom is 0.264 e. The number of carbonyl (C=O) groups excluding carboxylic acids is 2. The highest BCUT2D eigenvalue weighted by molar-refractivity contribution is 7.92. The van der Waals surface area contributed by atoms with E-state index >= 15 is 0 Å². The van der Waals surface area contributed by atoms with E-state index in [0.717, 1.165) is 41.1 Å². The summed E-state index contributed by atoms with van der Waals surface area (Å²) in [5.41, 5.74) is 2.59. The summed E-state index contributed by atoms with van der Waals surface area (Å²) in [4.78, 5) is 30.2. The van der Waals surface area contributed by atoms with Gasteiger partial charge in [-0.2, -0.15) is 0 Å². The quantitative estimate of drug-likeness (QED) is 0.172. The maximum atomic E-state index is 14.6. The summed E-state index contributed by atoms with van der Waals surface area (Å²) >= 11 is 13.2. The molecule has 1 N–H and O–H groups in total. The number of amides is 2. The van der Waals surface area contributed by atoms with Gasteiger partial charge in [-0.25, -0.2) is 8.42 Å². The first-order valence-electron chi connectivity index (χ1n) is 15.3. The van der Waals surface area contributed by atoms with Crippen molar-refractivity contribution in [1.82, 2.24) is 10.2 Å². The van der Waals surface area contributed by atoms with E-state index in [1.165, 1.54) is 17.0 Å². The largest absolute Gasteiger partial charge is 0.352 e. The van der Waals surface area contributed by atoms with Crippen molar-refractivity contribution in [3.8, 4) is 0 Å². The molecule has 1 atom stereocenters. The summed E-state index contributed by atoms with van der Waals surface area (Å²) in [6.07, 6.45) is 3.99. The zero-order valence-corrected chi connectivity index (χ0v) is 27.9. The second kappa shape index (κ2) is 15.2. The number of nitrogens with one attached hydrogen (secondary N) is 1. The van der Waals surface area contributed by atoms with E-state index in [1.807, 2.05) is 37.3 Å². The average molecular weight is 679 g/mol. The molecule has 0 aliphatic heterocycles. The van der Waals surface area contributed by atoms with Gasteiger partial charge < -0.3 is 10.2 Å². The fraction of sp³-hybridized carbons (Fsp3) is 0.278. The Morgan fingerprint density at radius 3 is 2.02 bits per heavy atom. The minimum Gasteiger partial charge on any atom is -0.352 e. The molecular weight excluding hydrogens is 641 g/mol. The molecular formula is C36H37Cl2N3O4S. The van der Waals surface area contributed by atoms with Crippen molar-refractivity contribution in [2.24, 2.45) is 0 Å². The van der Waals surface area contributed by atoms with Crippen LogP contribution in [-0.2, 0) is 32.6 Å². The molecule has 1 aliphatic carbocycles. The van der Waals surface area contributed by atoms with Crippen LogP contribution in [0.4, 0.5) is 5.69 Å². The van der Waals surface area contributed by atoms with Crippen LogP contribution in [0.3, 0.4) is 0 Å². The number of hydrogen-bond acceptors (Lipinski definition) is 4.